The van der Waals surface area contributed by atoms with Crippen LogP contribution < -0.4 is 10.6 Å². The van der Waals surface area contributed by atoms with E-state index in [-0.39, 0.29) is 5.75 Å². The van der Waals surface area contributed by atoms with Gasteiger partial charge in [-0.25, -0.2) is 9.59 Å². The van der Waals surface area contributed by atoms with Crippen LogP contribution in [0.2, 0.25) is 5.02 Å². The van der Waals surface area contributed by atoms with Crippen molar-refractivity contribution in [2.75, 3.05) is 0 Å². The zero-order valence-corrected chi connectivity index (χ0v) is 13.1. The van der Waals surface area contributed by atoms with Gasteiger partial charge in [0.25, 0.3) is 5.60 Å². The van der Waals surface area contributed by atoms with Crippen LogP contribution in [0.1, 0.15) is 27.7 Å². The monoisotopic (exact) mass is 315 g/mol. The lowest BCUT2D eigenvalue weighted by Gasteiger charge is -2.29. The van der Waals surface area contributed by atoms with Gasteiger partial charge in [-0.05, 0) is 52.0 Å². The largest absolute Gasteiger partial charge is 0.464 e. The Morgan fingerprint density at radius 2 is 1.57 bits per heavy atom. The molecule has 0 radical (unpaired) electrons. The molecule has 0 bridgehead atoms. The summed E-state index contributed by atoms with van der Waals surface area (Å²) in [6.45, 7) is 6.23. The summed E-state index contributed by atoms with van der Waals surface area (Å²) in [6.07, 6.45) is 0. The van der Waals surface area contributed by atoms with Gasteiger partial charge >= 0.3 is 11.9 Å². The van der Waals surface area contributed by atoms with Gasteiger partial charge in [0.15, 0.2) is 0 Å². The maximum absolute atomic E-state index is 12.2. The van der Waals surface area contributed by atoms with Crippen molar-refractivity contribution in [1.82, 2.24) is 0 Å². The summed E-state index contributed by atoms with van der Waals surface area (Å²) in [6, 6.07) is 6.13. The summed E-state index contributed by atoms with van der Waals surface area (Å²) in [7, 11) is 0. The molecule has 1 aromatic rings. The zero-order valence-electron chi connectivity index (χ0n) is 12.3. The fraction of sp³-hybridized carbons (Fsp3) is 0.429. The number of rotatable bonds is 4. The Labute approximate surface area is 128 Å². The standard InChI is InChI=1S/C14H18ClNO5/c1-13(2,3)20-11(17)14(4,12(18)21-16)19-10-7-5-9(15)6-8-10/h5-8H,16H2,1-4H3. The van der Waals surface area contributed by atoms with Crippen LogP contribution >= 0.6 is 11.6 Å². The van der Waals surface area contributed by atoms with Crippen molar-refractivity contribution in [3.63, 3.8) is 0 Å². The first-order valence-corrected chi connectivity index (χ1v) is 6.55. The van der Waals surface area contributed by atoms with Crippen LogP contribution in [0, 0.1) is 0 Å². The van der Waals surface area contributed by atoms with Crippen LogP contribution in [-0.4, -0.2) is 23.1 Å². The summed E-state index contributed by atoms with van der Waals surface area (Å²) < 4.78 is 10.6. The number of nitrogens with two attached hydrogens (primary N) is 1. The summed E-state index contributed by atoms with van der Waals surface area (Å²) in [5.74, 6) is 3.16. The fourth-order valence-electron chi connectivity index (χ4n) is 1.39. The molecule has 1 aromatic carbocycles. The minimum Gasteiger partial charge on any atom is -0.464 e. The minimum atomic E-state index is -2.02. The maximum atomic E-state index is 12.2. The van der Waals surface area contributed by atoms with Crippen molar-refractivity contribution in [1.29, 1.82) is 0 Å². The molecule has 6 nitrogen and oxygen atoms in total. The lowest BCUT2D eigenvalue weighted by Crippen LogP contribution is -2.53. The minimum absolute atomic E-state index is 0.248. The number of ether oxygens (including phenoxy) is 2. The second kappa shape index (κ2) is 6.32. The van der Waals surface area contributed by atoms with E-state index in [0.717, 1.165) is 0 Å². The van der Waals surface area contributed by atoms with E-state index in [1.54, 1.807) is 32.9 Å². The molecule has 116 valence electrons. The molecule has 0 fully saturated rings. The molecule has 0 spiro atoms. The Morgan fingerprint density at radius 1 is 1.05 bits per heavy atom. The number of hydrogen-bond acceptors (Lipinski definition) is 6. The Morgan fingerprint density at radius 3 is 2.00 bits per heavy atom. The van der Waals surface area contributed by atoms with Crippen LogP contribution in [-0.2, 0) is 19.2 Å². The van der Waals surface area contributed by atoms with E-state index in [9.17, 15) is 9.59 Å². The molecule has 1 atom stereocenters. The molecule has 21 heavy (non-hydrogen) atoms. The first-order valence-electron chi connectivity index (χ1n) is 6.17. The van der Waals surface area contributed by atoms with Crippen molar-refractivity contribution >= 4 is 23.5 Å². The molecular weight excluding hydrogens is 298 g/mol. The number of carbonyl (C=O) groups is 2. The normalized spacial score (nSPS) is 14.0. The Balaban J connectivity index is 3.06. The quantitative estimate of drug-likeness (QED) is 0.521. The molecular formula is C14H18ClNO5. The van der Waals surface area contributed by atoms with Crippen LogP contribution in [0.15, 0.2) is 24.3 Å². The van der Waals surface area contributed by atoms with Crippen LogP contribution in [0.3, 0.4) is 0 Å². The van der Waals surface area contributed by atoms with Crippen molar-refractivity contribution < 1.29 is 23.9 Å². The maximum Gasteiger partial charge on any atom is 0.380 e. The van der Waals surface area contributed by atoms with E-state index in [1.165, 1.54) is 19.1 Å². The first-order chi connectivity index (χ1) is 9.58. The van der Waals surface area contributed by atoms with Gasteiger partial charge in [-0.15, -0.1) is 0 Å². The lowest BCUT2D eigenvalue weighted by atomic mass is 10.1. The molecule has 7 heteroatoms. The number of benzene rings is 1. The average molecular weight is 316 g/mol. The molecule has 0 heterocycles. The van der Waals surface area contributed by atoms with Crippen molar-refractivity contribution in [3.05, 3.63) is 29.3 Å². The topological polar surface area (TPSA) is 87.8 Å². The molecule has 0 saturated heterocycles. The molecule has 0 aliphatic carbocycles. The molecule has 0 aliphatic rings. The van der Waals surface area contributed by atoms with Gasteiger partial charge in [0.1, 0.15) is 11.4 Å². The van der Waals surface area contributed by atoms with E-state index < -0.39 is 23.1 Å². The van der Waals surface area contributed by atoms with Gasteiger partial charge < -0.3 is 14.3 Å². The predicted octanol–water partition coefficient (Wildman–Crippen LogP) is 2.24. The number of carbonyl (C=O) groups excluding carboxylic acids is 2. The van der Waals surface area contributed by atoms with E-state index in [2.05, 4.69) is 4.84 Å². The van der Waals surface area contributed by atoms with E-state index >= 15 is 0 Å². The highest BCUT2D eigenvalue weighted by atomic mass is 35.5. The summed E-state index contributed by atoms with van der Waals surface area (Å²) in [5.41, 5.74) is -2.81. The summed E-state index contributed by atoms with van der Waals surface area (Å²) >= 11 is 5.76. The number of halogens is 1. The van der Waals surface area contributed by atoms with Crippen LogP contribution in [0.25, 0.3) is 0 Å². The van der Waals surface area contributed by atoms with Gasteiger partial charge in [-0.2, -0.15) is 5.90 Å². The molecule has 0 amide bonds. The summed E-state index contributed by atoms with van der Waals surface area (Å²) in [4.78, 5) is 28.2. The number of esters is 1. The molecule has 0 saturated carbocycles. The molecule has 0 aliphatic heterocycles. The van der Waals surface area contributed by atoms with Gasteiger partial charge in [0, 0.05) is 5.02 Å². The highest BCUT2D eigenvalue weighted by Crippen LogP contribution is 2.24. The Kier molecular flexibility index (Phi) is 5.20. The molecule has 1 rings (SSSR count). The molecule has 1 unspecified atom stereocenters. The summed E-state index contributed by atoms with van der Waals surface area (Å²) in [5, 5.41) is 0.489. The smallest absolute Gasteiger partial charge is 0.380 e. The van der Waals surface area contributed by atoms with Crippen LogP contribution in [0.4, 0.5) is 0 Å². The second-order valence-corrected chi connectivity index (χ2v) is 5.93. The van der Waals surface area contributed by atoms with Gasteiger partial charge in [0.05, 0.1) is 0 Å². The number of hydrogen-bond donors (Lipinski definition) is 1. The highest BCUT2D eigenvalue weighted by Gasteiger charge is 2.49. The Bertz CT molecular complexity index is 523. The van der Waals surface area contributed by atoms with Crippen molar-refractivity contribution in [2.45, 2.75) is 38.9 Å². The lowest BCUT2D eigenvalue weighted by molar-refractivity contribution is -0.185. The first kappa shape index (κ1) is 17.3. The van der Waals surface area contributed by atoms with E-state index in [4.69, 9.17) is 27.0 Å². The van der Waals surface area contributed by atoms with Crippen molar-refractivity contribution in [3.8, 4) is 5.75 Å². The predicted molar refractivity (Wildman–Crippen MR) is 76.6 cm³/mol. The third-order valence-electron chi connectivity index (χ3n) is 2.42. The highest BCUT2D eigenvalue weighted by molar-refractivity contribution is 6.30. The molecule has 2 N–H and O–H groups in total. The molecule has 0 aromatic heterocycles. The van der Waals surface area contributed by atoms with Crippen molar-refractivity contribution in [2.24, 2.45) is 5.90 Å². The van der Waals surface area contributed by atoms with E-state index in [0.29, 0.717) is 5.02 Å². The van der Waals surface area contributed by atoms with Gasteiger partial charge in [-0.3, -0.25) is 0 Å². The third-order valence-corrected chi connectivity index (χ3v) is 2.67. The SMILES string of the molecule is CC(C)(C)OC(=O)C(C)(Oc1ccc(Cl)cc1)C(=O)ON. The van der Waals surface area contributed by atoms with Crippen LogP contribution in [0.5, 0.6) is 5.75 Å². The fourth-order valence-corrected chi connectivity index (χ4v) is 1.52. The van der Waals surface area contributed by atoms with Gasteiger partial charge in [0.2, 0.25) is 0 Å². The third kappa shape index (κ3) is 4.61. The van der Waals surface area contributed by atoms with E-state index in [1.807, 2.05) is 0 Å². The Hall–Kier alpha value is -1.79. The average Bonchev–Trinajstić information content (AvgIpc) is 2.38. The zero-order chi connectivity index (χ0) is 16.3. The van der Waals surface area contributed by atoms with Gasteiger partial charge in [-0.1, -0.05) is 11.6 Å². The second-order valence-electron chi connectivity index (χ2n) is 5.50.